The van der Waals surface area contributed by atoms with Gasteiger partial charge in [0.15, 0.2) is 0 Å². The Morgan fingerprint density at radius 3 is 2.38 bits per heavy atom. The van der Waals surface area contributed by atoms with Crippen LogP contribution in [-0.4, -0.2) is 17.6 Å². The second-order valence-corrected chi connectivity index (χ2v) is 9.68. The predicted molar refractivity (Wildman–Crippen MR) is 64.9 cm³/mol. The van der Waals surface area contributed by atoms with E-state index < -0.39 is 0 Å². The first kappa shape index (κ1) is 10.3. The van der Waals surface area contributed by atoms with Crippen molar-refractivity contribution < 1.29 is 0 Å². The second-order valence-electron chi connectivity index (χ2n) is 4.68. The molecule has 2 unspecified atom stereocenters. The van der Waals surface area contributed by atoms with E-state index in [1.807, 2.05) is 0 Å². The molecule has 0 bridgehead atoms. The fourth-order valence-corrected chi connectivity index (χ4v) is 7.64. The molecule has 0 heterocycles. The molecular weight excluding hydrogens is 195 g/mol. The molecule has 2 saturated carbocycles. The van der Waals surface area contributed by atoms with Crippen molar-refractivity contribution in [1.82, 2.24) is 0 Å². The standard InChI is InChI=1S/C11H21PS/c1-9-5-3-4-6-11(9)13-12(2)10-7-8-10/h9-11H,3-8H2,1-2H3/t9-,11?,12?/m1/s1. The minimum Gasteiger partial charge on any atom is -0.131 e. The molecule has 3 atom stereocenters. The molecule has 0 aliphatic heterocycles. The van der Waals surface area contributed by atoms with Crippen molar-refractivity contribution in [3.63, 3.8) is 0 Å². The van der Waals surface area contributed by atoms with Crippen LogP contribution in [-0.2, 0) is 0 Å². The van der Waals surface area contributed by atoms with E-state index >= 15 is 0 Å². The fourth-order valence-electron chi connectivity index (χ4n) is 2.18. The van der Waals surface area contributed by atoms with Gasteiger partial charge >= 0.3 is 0 Å². The lowest BCUT2D eigenvalue weighted by molar-refractivity contribution is 0.399. The van der Waals surface area contributed by atoms with E-state index in [-0.39, 0.29) is 0 Å². The minimum absolute atomic E-state index is 0.339. The lowest BCUT2D eigenvalue weighted by Crippen LogP contribution is -2.18. The molecule has 0 saturated heterocycles. The maximum Gasteiger partial charge on any atom is 0.0114 e. The summed E-state index contributed by atoms with van der Waals surface area (Å²) in [5.74, 6) is 1.00. The van der Waals surface area contributed by atoms with Crippen LogP contribution in [0, 0.1) is 5.92 Å². The van der Waals surface area contributed by atoms with Crippen LogP contribution in [0.4, 0.5) is 0 Å². The monoisotopic (exact) mass is 216 g/mol. The second kappa shape index (κ2) is 4.53. The Morgan fingerprint density at radius 2 is 1.77 bits per heavy atom. The lowest BCUT2D eigenvalue weighted by Gasteiger charge is -2.30. The molecule has 2 rings (SSSR count). The van der Waals surface area contributed by atoms with E-state index in [2.05, 4.69) is 25.0 Å². The Labute approximate surface area is 87.7 Å². The third kappa shape index (κ3) is 2.86. The SMILES string of the molecule is C[C@@H]1CCCCC1SP(C)C1CC1. The summed E-state index contributed by atoms with van der Waals surface area (Å²) in [6.45, 7) is 4.98. The van der Waals surface area contributed by atoms with Crippen molar-refractivity contribution >= 4 is 18.5 Å². The summed E-state index contributed by atoms with van der Waals surface area (Å²) in [5.41, 5.74) is 1.15. The van der Waals surface area contributed by atoms with E-state index in [4.69, 9.17) is 0 Å². The molecule has 13 heavy (non-hydrogen) atoms. The van der Waals surface area contributed by atoms with Crippen LogP contribution in [0.3, 0.4) is 0 Å². The van der Waals surface area contributed by atoms with E-state index in [1.165, 1.54) is 38.5 Å². The number of rotatable bonds is 3. The lowest BCUT2D eigenvalue weighted by atomic mass is 9.90. The first-order valence-electron chi connectivity index (χ1n) is 5.67. The van der Waals surface area contributed by atoms with Crippen LogP contribution in [0.1, 0.15) is 45.4 Å². The van der Waals surface area contributed by atoms with Crippen LogP contribution in [0.15, 0.2) is 0 Å². The van der Waals surface area contributed by atoms with Crippen LogP contribution < -0.4 is 0 Å². The summed E-state index contributed by atoms with van der Waals surface area (Å²) in [5, 5.41) is 1.02. The number of hydrogen-bond acceptors (Lipinski definition) is 1. The van der Waals surface area contributed by atoms with Gasteiger partial charge < -0.3 is 0 Å². The van der Waals surface area contributed by atoms with Crippen molar-refractivity contribution in [2.75, 3.05) is 6.66 Å². The predicted octanol–water partition coefficient (Wildman–Crippen LogP) is 4.49. The van der Waals surface area contributed by atoms with Gasteiger partial charge in [-0.3, -0.25) is 0 Å². The summed E-state index contributed by atoms with van der Waals surface area (Å²) in [4.78, 5) is 0. The Bertz CT molecular complexity index is 167. The van der Waals surface area contributed by atoms with Crippen LogP contribution in [0.25, 0.3) is 0 Å². The van der Waals surface area contributed by atoms with Crippen molar-refractivity contribution in [3.05, 3.63) is 0 Å². The highest BCUT2D eigenvalue weighted by molar-refractivity contribution is 8.56. The van der Waals surface area contributed by atoms with E-state index in [0.29, 0.717) is 7.12 Å². The van der Waals surface area contributed by atoms with Gasteiger partial charge in [0.1, 0.15) is 0 Å². The quantitative estimate of drug-likeness (QED) is 0.626. The average molecular weight is 216 g/mol. The van der Waals surface area contributed by atoms with Gasteiger partial charge in [-0.15, -0.1) is 11.4 Å². The Balaban J connectivity index is 1.77. The molecule has 76 valence electrons. The summed E-state index contributed by atoms with van der Waals surface area (Å²) in [7, 11) is 0.339. The van der Waals surface area contributed by atoms with Gasteiger partial charge in [-0.1, -0.05) is 19.8 Å². The summed E-state index contributed by atoms with van der Waals surface area (Å²) >= 11 is 2.36. The van der Waals surface area contributed by atoms with E-state index in [9.17, 15) is 0 Å². The van der Waals surface area contributed by atoms with Crippen LogP contribution in [0.2, 0.25) is 0 Å². The average Bonchev–Trinajstić information content (AvgIpc) is 2.91. The van der Waals surface area contributed by atoms with Crippen molar-refractivity contribution in [2.45, 2.75) is 56.4 Å². The van der Waals surface area contributed by atoms with Crippen molar-refractivity contribution in [3.8, 4) is 0 Å². The Morgan fingerprint density at radius 1 is 1.08 bits per heavy atom. The van der Waals surface area contributed by atoms with Gasteiger partial charge in [0.05, 0.1) is 0 Å². The zero-order chi connectivity index (χ0) is 9.26. The third-order valence-electron chi connectivity index (χ3n) is 3.40. The molecule has 0 amide bonds. The largest absolute Gasteiger partial charge is 0.131 e. The molecule has 0 aromatic rings. The Kier molecular flexibility index (Phi) is 3.59. The molecule has 0 aromatic carbocycles. The highest BCUT2D eigenvalue weighted by atomic mass is 32.7. The molecular formula is C11H21PS. The van der Waals surface area contributed by atoms with Gasteiger partial charge in [-0.2, -0.15) is 0 Å². The molecule has 0 radical (unpaired) electrons. The van der Waals surface area contributed by atoms with Gasteiger partial charge in [0, 0.05) is 5.25 Å². The maximum atomic E-state index is 2.51. The van der Waals surface area contributed by atoms with E-state index in [0.717, 1.165) is 16.8 Å². The number of hydrogen-bond donors (Lipinski definition) is 0. The zero-order valence-electron chi connectivity index (χ0n) is 8.83. The topological polar surface area (TPSA) is 0 Å². The van der Waals surface area contributed by atoms with E-state index in [1.54, 1.807) is 0 Å². The van der Waals surface area contributed by atoms with Gasteiger partial charge in [0.25, 0.3) is 0 Å². The molecule has 0 aromatic heterocycles. The molecule has 2 aliphatic carbocycles. The normalized spacial score (nSPS) is 37.4. The summed E-state index contributed by atoms with van der Waals surface area (Å²) < 4.78 is 0. The molecule has 2 heteroatoms. The van der Waals surface area contributed by atoms with Crippen LogP contribution >= 0.6 is 18.5 Å². The first-order valence-corrected chi connectivity index (χ1v) is 9.01. The van der Waals surface area contributed by atoms with Gasteiger partial charge in [-0.25, -0.2) is 0 Å². The smallest absolute Gasteiger partial charge is 0.0114 e. The highest BCUT2D eigenvalue weighted by Gasteiger charge is 2.32. The van der Waals surface area contributed by atoms with Crippen LogP contribution in [0.5, 0.6) is 0 Å². The highest BCUT2D eigenvalue weighted by Crippen LogP contribution is 2.63. The molecule has 0 spiro atoms. The Hall–Kier alpha value is 0.780. The van der Waals surface area contributed by atoms with Crippen molar-refractivity contribution in [2.24, 2.45) is 5.92 Å². The zero-order valence-corrected chi connectivity index (χ0v) is 10.5. The molecule has 2 aliphatic rings. The maximum absolute atomic E-state index is 2.51. The fraction of sp³-hybridized carbons (Fsp3) is 1.00. The van der Waals surface area contributed by atoms with Crippen molar-refractivity contribution in [1.29, 1.82) is 0 Å². The minimum atomic E-state index is 0.339. The summed E-state index contributed by atoms with van der Waals surface area (Å²) in [6, 6.07) is 0. The molecule has 2 fully saturated rings. The summed E-state index contributed by atoms with van der Waals surface area (Å²) in [6.07, 6.45) is 9.06. The van der Waals surface area contributed by atoms with Gasteiger partial charge in [0.2, 0.25) is 0 Å². The molecule has 0 nitrogen and oxygen atoms in total. The third-order valence-corrected chi connectivity index (χ3v) is 8.95. The molecule has 0 N–H and O–H groups in total. The van der Waals surface area contributed by atoms with Gasteiger partial charge in [-0.05, 0) is 51.0 Å². The first-order chi connectivity index (χ1) is 6.27.